The Morgan fingerprint density at radius 3 is 1.80 bits per heavy atom. The minimum Gasteiger partial charge on any atom is -0.352 e. The lowest BCUT2D eigenvalue weighted by Crippen LogP contribution is -2.56. The Kier molecular flexibility index (Phi) is 11.2. The van der Waals surface area contributed by atoms with E-state index < -0.39 is 12.1 Å². The maximum absolute atomic E-state index is 14.1. The van der Waals surface area contributed by atoms with Crippen LogP contribution in [0.5, 0.6) is 0 Å². The third-order valence-electron chi connectivity index (χ3n) is 8.71. The van der Waals surface area contributed by atoms with E-state index in [0.29, 0.717) is 19.4 Å². The van der Waals surface area contributed by atoms with Gasteiger partial charge in [-0.15, -0.1) is 0 Å². The number of carbonyl (C=O) groups excluding carboxylic acids is 3. The zero-order valence-corrected chi connectivity index (χ0v) is 26.1. The average molecular weight is 608 g/mol. The summed E-state index contributed by atoms with van der Waals surface area (Å²) in [5.74, 6) is -0.905. The third kappa shape index (κ3) is 8.90. The van der Waals surface area contributed by atoms with Crippen LogP contribution in [0.4, 0.5) is 0 Å². The number of nitrogens with one attached hydrogen (secondary N) is 4. The number of rotatable bonds is 13. The summed E-state index contributed by atoms with van der Waals surface area (Å²) in [5.41, 5.74) is 7.57. The van der Waals surface area contributed by atoms with E-state index >= 15 is 0 Å². The van der Waals surface area contributed by atoms with Gasteiger partial charge in [-0.1, -0.05) is 84.9 Å². The summed E-state index contributed by atoms with van der Waals surface area (Å²) in [6.45, 7) is 4.04. The van der Waals surface area contributed by atoms with Gasteiger partial charge in [0.15, 0.2) is 0 Å². The highest BCUT2D eigenvalue weighted by Gasteiger charge is 2.30. The van der Waals surface area contributed by atoms with Gasteiger partial charge in [-0.05, 0) is 84.9 Å². The number of carbonyl (C=O) groups is 3. The molecule has 0 saturated carbocycles. The Hall–Kier alpha value is -4.27. The normalized spacial score (nSPS) is 15.7. The van der Waals surface area contributed by atoms with Crippen molar-refractivity contribution in [3.63, 3.8) is 0 Å². The van der Waals surface area contributed by atoms with Crippen molar-refractivity contribution in [1.82, 2.24) is 21.3 Å². The Labute approximate surface area is 265 Å². The average Bonchev–Trinajstić information content (AvgIpc) is 3.06. The van der Waals surface area contributed by atoms with Gasteiger partial charge in [-0.3, -0.25) is 14.4 Å². The maximum Gasteiger partial charge on any atom is 0.243 e. The number of amides is 3. The van der Waals surface area contributed by atoms with E-state index in [0.717, 1.165) is 71.4 Å². The summed E-state index contributed by atoms with van der Waals surface area (Å²) >= 11 is 0. The summed E-state index contributed by atoms with van der Waals surface area (Å²) in [6, 6.07) is 26.6. The molecule has 0 spiro atoms. The molecule has 1 heterocycles. The van der Waals surface area contributed by atoms with Crippen LogP contribution < -0.4 is 27.0 Å². The topological polar surface area (TPSA) is 125 Å². The fraction of sp³-hybridized carbons (Fsp3) is 0.378. The smallest absolute Gasteiger partial charge is 0.243 e. The monoisotopic (exact) mass is 607 g/mol. The molecule has 4 aromatic carbocycles. The first-order chi connectivity index (χ1) is 21.9. The molecular formula is C37H45N5O3. The molecule has 8 nitrogen and oxygen atoms in total. The molecule has 1 aliphatic heterocycles. The minimum absolute atomic E-state index is 0.0925. The van der Waals surface area contributed by atoms with Gasteiger partial charge in [0.25, 0.3) is 0 Å². The zero-order valence-electron chi connectivity index (χ0n) is 26.1. The minimum atomic E-state index is -0.838. The molecule has 3 atom stereocenters. The number of fused-ring (bicyclic) bond motifs is 2. The molecule has 4 aromatic rings. The van der Waals surface area contributed by atoms with Gasteiger partial charge in [0.2, 0.25) is 17.7 Å². The van der Waals surface area contributed by atoms with Gasteiger partial charge >= 0.3 is 0 Å². The molecule has 0 bridgehead atoms. The summed E-state index contributed by atoms with van der Waals surface area (Å²) in [6.07, 6.45) is 3.62. The van der Waals surface area contributed by atoms with Crippen molar-refractivity contribution in [3.8, 4) is 0 Å². The SMILES string of the molecule is C[C@H](CCCN)NC(=O)C(Cc1ccc2ccccc2c1)NC(=O)[C@@H](Cc1ccc2ccccc2c1)NC(=O)C1CCNCC1. The first-order valence-electron chi connectivity index (χ1n) is 16.2. The molecule has 0 aromatic heterocycles. The fourth-order valence-electron chi connectivity index (χ4n) is 6.11. The highest BCUT2D eigenvalue weighted by Crippen LogP contribution is 2.19. The first-order valence-corrected chi connectivity index (χ1v) is 16.2. The van der Waals surface area contributed by atoms with Crippen molar-refractivity contribution < 1.29 is 14.4 Å². The van der Waals surface area contributed by atoms with E-state index in [9.17, 15) is 14.4 Å². The molecule has 45 heavy (non-hydrogen) atoms. The predicted molar refractivity (Wildman–Crippen MR) is 181 cm³/mol. The molecule has 1 unspecified atom stereocenters. The van der Waals surface area contributed by atoms with Gasteiger partial charge < -0.3 is 27.0 Å². The van der Waals surface area contributed by atoms with Crippen LogP contribution in [0.3, 0.4) is 0 Å². The molecule has 236 valence electrons. The Morgan fingerprint density at radius 2 is 1.24 bits per heavy atom. The molecule has 3 amide bonds. The largest absolute Gasteiger partial charge is 0.352 e. The van der Waals surface area contributed by atoms with Gasteiger partial charge in [-0.2, -0.15) is 0 Å². The quantitative estimate of drug-likeness (QED) is 0.157. The van der Waals surface area contributed by atoms with Crippen LogP contribution >= 0.6 is 0 Å². The van der Waals surface area contributed by atoms with Crippen LogP contribution in [0.2, 0.25) is 0 Å². The molecule has 0 radical (unpaired) electrons. The van der Waals surface area contributed by atoms with Crippen LogP contribution in [-0.2, 0) is 27.2 Å². The van der Waals surface area contributed by atoms with Crippen molar-refractivity contribution in [2.75, 3.05) is 19.6 Å². The second-order valence-electron chi connectivity index (χ2n) is 12.3. The molecule has 1 saturated heterocycles. The van der Waals surface area contributed by atoms with Crippen LogP contribution in [0.1, 0.15) is 43.7 Å². The van der Waals surface area contributed by atoms with Crippen LogP contribution in [0, 0.1) is 5.92 Å². The van der Waals surface area contributed by atoms with Crippen molar-refractivity contribution in [2.24, 2.45) is 11.7 Å². The fourth-order valence-corrected chi connectivity index (χ4v) is 6.11. The molecule has 6 N–H and O–H groups in total. The van der Waals surface area contributed by atoms with Crippen molar-refractivity contribution in [2.45, 2.75) is 63.6 Å². The van der Waals surface area contributed by atoms with Gasteiger partial charge in [0, 0.05) is 24.8 Å². The maximum atomic E-state index is 14.1. The van der Waals surface area contributed by atoms with Gasteiger partial charge in [-0.25, -0.2) is 0 Å². The summed E-state index contributed by atoms with van der Waals surface area (Å²) in [5, 5.41) is 16.8. The molecule has 0 aliphatic carbocycles. The highest BCUT2D eigenvalue weighted by atomic mass is 16.2. The van der Waals surface area contributed by atoms with Gasteiger partial charge in [0.1, 0.15) is 12.1 Å². The van der Waals surface area contributed by atoms with E-state index in [1.165, 1.54) is 0 Å². The highest BCUT2D eigenvalue weighted by molar-refractivity contribution is 5.93. The molecular weight excluding hydrogens is 562 g/mol. The van der Waals surface area contributed by atoms with Crippen LogP contribution in [0.15, 0.2) is 84.9 Å². The first kappa shape index (κ1) is 32.1. The lowest BCUT2D eigenvalue weighted by Gasteiger charge is -2.27. The standard InChI is InChI=1S/C37H45N5O3/c1-25(7-6-18-38)40-36(44)33(23-26-12-14-28-8-2-4-10-31(28)21-26)42-37(45)34(41-35(43)30-16-19-39-20-17-30)24-27-13-15-29-9-3-5-11-32(29)22-27/h2-5,8-15,21-22,25,30,33-34,39H,6-7,16-20,23-24,38H2,1H3,(H,40,44)(H,41,43)(H,42,45)/t25-,33?,34-/m1/s1. The molecule has 1 aliphatic rings. The van der Waals surface area contributed by atoms with Crippen molar-refractivity contribution >= 4 is 39.3 Å². The zero-order chi connectivity index (χ0) is 31.6. The predicted octanol–water partition coefficient (Wildman–Crippen LogP) is 3.99. The Balaban J connectivity index is 1.39. The second-order valence-corrected chi connectivity index (χ2v) is 12.3. The van der Waals surface area contributed by atoms with Crippen LogP contribution in [-0.4, -0.2) is 55.5 Å². The van der Waals surface area contributed by atoms with Crippen molar-refractivity contribution in [3.05, 3.63) is 96.1 Å². The van der Waals surface area contributed by atoms with E-state index in [1.807, 2.05) is 79.7 Å². The van der Waals surface area contributed by atoms with E-state index in [1.54, 1.807) is 0 Å². The summed E-state index contributed by atoms with van der Waals surface area (Å²) in [7, 11) is 0. The third-order valence-corrected chi connectivity index (χ3v) is 8.71. The molecule has 8 heteroatoms. The second kappa shape index (κ2) is 15.6. The summed E-state index contributed by atoms with van der Waals surface area (Å²) in [4.78, 5) is 41.1. The molecule has 1 fully saturated rings. The van der Waals surface area contributed by atoms with Crippen molar-refractivity contribution in [1.29, 1.82) is 0 Å². The Morgan fingerprint density at radius 1 is 0.733 bits per heavy atom. The lowest BCUT2D eigenvalue weighted by atomic mass is 9.95. The van der Waals surface area contributed by atoms with E-state index in [-0.39, 0.29) is 29.7 Å². The molecule has 5 rings (SSSR count). The lowest BCUT2D eigenvalue weighted by molar-refractivity contribution is -0.133. The number of hydrogen-bond acceptors (Lipinski definition) is 5. The number of piperidine rings is 1. The number of nitrogens with two attached hydrogens (primary N) is 1. The van der Waals surface area contributed by atoms with Gasteiger partial charge in [0.05, 0.1) is 0 Å². The van der Waals surface area contributed by atoms with E-state index in [2.05, 4.69) is 33.4 Å². The van der Waals surface area contributed by atoms with E-state index in [4.69, 9.17) is 5.73 Å². The number of hydrogen-bond donors (Lipinski definition) is 5. The summed E-state index contributed by atoms with van der Waals surface area (Å²) < 4.78 is 0. The van der Waals surface area contributed by atoms with Crippen LogP contribution in [0.25, 0.3) is 21.5 Å². The number of benzene rings is 4. The Bertz CT molecular complexity index is 1620.